The molecule has 1 aliphatic carbocycles. The van der Waals surface area contributed by atoms with Crippen LogP contribution in [-0.2, 0) is 0 Å². The molecule has 0 radical (unpaired) electrons. The number of halogens is 1. The number of benzene rings is 1. The number of nitro groups is 1. The molecular weight excluding hydrogens is 343 g/mol. The predicted molar refractivity (Wildman–Crippen MR) is 81.1 cm³/mol. The molecule has 0 saturated heterocycles. The number of hydrogen-bond donors (Lipinski definition) is 0. The average Bonchev–Trinajstić information content (AvgIpc) is 3.13. The molecule has 4 nitrogen and oxygen atoms in total. The van der Waals surface area contributed by atoms with Gasteiger partial charge in [-0.3, -0.25) is 10.1 Å². The van der Waals surface area contributed by atoms with Crippen LogP contribution in [0, 0.1) is 13.7 Å². The van der Waals surface area contributed by atoms with Crippen molar-refractivity contribution in [2.24, 2.45) is 0 Å². The number of nitrogens with zero attached hydrogens (tertiary/aromatic N) is 2. The second-order valence-corrected chi connectivity index (χ2v) is 5.83. The summed E-state index contributed by atoms with van der Waals surface area (Å²) in [4.78, 5) is 12.9. The molecule has 18 heavy (non-hydrogen) atoms. The van der Waals surface area contributed by atoms with E-state index in [1.807, 2.05) is 34.7 Å². The molecule has 5 heteroatoms. The Morgan fingerprint density at radius 1 is 1.50 bits per heavy atom. The lowest BCUT2D eigenvalue weighted by Gasteiger charge is -2.24. The average molecular weight is 360 g/mol. The SMILES string of the molecule is CCCCN(c1ccc([N+](=O)[O-])c(I)c1)C1CC1. The fourth-order valence-electron chi connectivity index (χ4n) is 2.06. The van der Waals surface area contributed by atoms with E-state index in [-0.39, 0.29) is 10.6 Å². The van der Waals surface area contributed by atoms with Gasteiger partial charge in [-0.25, -0.2) is 0 Å². The molecule has 0 aromatic heterocycles. The zero-order valence-electron chi connectivity index (χ0n) is 10.4. The molecule has 1 fully saturated rings. The van der Waals surface area contributed by atoms with Crippen molar-refractivity contribution in [2.45, 2.75) is 38.6 Å². The molecule has 98 valence electrons. The van der Waals surface area contributed by atoms with Gasteiger partial charge < -0.3 is 4.90 Å². The summed E-state index contributed by atoms with van der Waals surface area (Å²) >= 11 is 2.05. The molecule has 0 spiro atoms. The molecule has 0 N–H and O–H groups in total. The van der Waals surface area contributed by atoms with Crippen LogP contribution in [0.2, 0.25) is 0 Å². The third-order valence-electron chi connectivity index (χ3n) is 3.20. The van der Waals surface area contributed by atoms with E-state index in [9.17, 15) is 10.1 Å². The van der Waals surface area contributed by atoms with Crippen molar-refractivity contribution in [3.8, 4) is 0 Å². The van der Waals surface area contributed by atoms with E-state index in [0.717, 1.165) is 15.8 Å². The summed E-state index contributed by atoms with van der Waals surface area (Å²) < 4.78 is 0.720. The highest BCUT2D eigenvalue weighted by molar-refractivity contribution is 14.1. The van der Waals surface area contributed by atoms with Gasteiger partial charge in [0.2, 0.25) is 0 Å². The van der Waals surface area contributed by atoms with Crippen LogP contribution in [0.15, 0.2) is 18.2 Å². The van der Waals surface area contributed by atoms with E-state index in [1.54, 1.807) is 6.07 Å². The predicted octanol–water partition coefficient (Wildman–Crippen LogP) is 3.97. The minimum atomic E-state index is -0.320. The van der Waals surface area contributed by atoms with Crippen LogP contribution < -0.4 is 4.90 Å². The maximum Gasteiger partial charge on any atom is 0.282 e. The molecule has 2 rings (SSSR count). The zero-order valence-corrected chi connectivity index (χ0v) is 12.6. The maximum atomic E-state index is 10.8. The molecule has 0 unspecified atom stereocenters. The van der Waals surface area contributed by atoms with Crippen LogP contribution in [0.1, 0.15) is 32.6 Å². The summed E-state index contributed by atoms with van der Waals surface area (Å²) in [7, 11) is 0. The molecule has 1 saturated carbocycles. The van der Waals surface area contributed by atoms with E-state index < -0.39 is 0 Å². The summed E-state index contributed by atoms with van der Waals surface area (Å²) in [5, 5.41) is 10.8. The Kier molecular flexibility index (Phi) is 4.42. The highest BCUT2D eigenvalue weighted by atomic mass is 127. The van der Waals surface area contributed by atoms with Crippen molar-refractivity contribution < 1.29 is 4.92 Å². The lowest BCUT2D eigenvalue weighted by Crippen LogP contribution is -2.26. The quantitative estimate of drug-likeness (QED) is 0.438. The van der Waals surface area contributed by atoms with Crippen LogP contribution in [0.25, 0.3) is 0 Å². The lowest BCUT2D eigenvalue weighted by atomic mass is 10.2. The van der Waals surface area contributed by atoms with Crippen molar-refractivity contribution in [2.75, 3.05) is 11.4 Å². The summed E-state index contributed by atoms with van der Waals surface area (Å²) in [5.74, 6) is 0. The van der Waals surface area contributed by atoms with Crippen molar-refractivity contribution in [3.63, 3.8) is 0 Å². The Labute approximate surface area is 121 Å². The van der Waals surface area contributed by atoms with Gasteiger partial charge >= 0.3 is 0 Å². The maximum absolute atomic E-state index is 10.8. The Morgan fingerprint density at radius 3 is 2.72 bits per heavy atom. The lowest BCUT2D eigenvalue weighted by molar-refractivity contribution is -0.385. The Bertz CT molecular complexity index is 447. The first kappa shape index (κ1) is 13.6. The normalized spacial score (nSPS) is 14.6. The number of hydrogen-bond acceptors (Lipinski definition) is 3. The molecule has 0 bridgehead atoms. The van der Waals surface area contributed by atoms with Crippen LogP contribution in [-0.4, -0.2) is 17.5 Å². The van der Waals surface area contributed by atoms with E-state index in [4.69, 9.17) is 0 Å². The third kappa shape index (κ3) is 3.13. The number of anilines is 1. The molecule has 1 aliphatic rings. The van der Waals surface area contributed by atoms with Gasteiger partial charge in [-0.1, -0.05) is 13.3 Å². The minimum Gasteiger partial charge on any atom is -0.369 e. The molecular formula is C13H17IN2O2. The van der Waals surface area contributed by atoms with Gasteiger partial charge in [0.15, 0.2) is 0 Å². The van der Waals surface area contributed by atoms with Gasteiger partial charge in [-0.15, -0.1) is 0 Å². The van der Waals surface area contributed by atoms with Gasteiger partial charge in [0.05, 0.1) is 8.49 Å². The van der Waals surface area contributed by atoms with Gasteiger partial charge in [-0.05, 0) is 54.0 Å². The second-order valence-electron chi connectivity index (χ2n) is 4.67. The van der Waals surface area contributed by atoms with Crippen LogP contribution >= 0.6 is 22.6 Å². The first-order valence-corrected chi connectivity index (χ1v) is 7.42. The van der Waals surface area contributed by atoms with Crippen molar-refractivity contribution in [3.05, 3.63) is 31.9 Å². The molecule has 1 aromatic carbocycles. The van der Waals surface area contributed by atoms with Gasteiger partial charge in [0.1, 0.15) is 0 Å². The summed E-state index contributed by atoms with van der Waals surface area (Å²) in [6.45, 7) is 3.24. The largest absolute Gasteiger partial charge is 0.369 e. The van der Waals surface area contributed by atoms with E-state index in [2.05, 4.69) is 11.8 Å². The van der Waals surface area contributed by atoms with Crippen molar-refractivity contribution in [1.29, 1.82) is 0 Å². The summed E-state index contributed by atoms with van der Waals surface area (Å²) in [6, 6.07) is 6.09. The van der Waals surface area contributed by atoms with Crippen LogP contribution in [0.3, 0.4) is 0 Å². The number of nitro benzene ring substituents is 1. The van der Waals surface area contributed by atoms with Crippen molar-refractivity contribution >= 4 is 34.0 Å². The topological polar surface area (TPSA) is 46.4 Å². The number of rotatable bonds is 6. The summed E-state index contributed by atoms with van der Waals surface area (Å²) in [6.07, 6.45) is 4.84. The van der Waals surface area contributed by atoms with E-state index in [0.29, 0.717) is 6.04 Å². The third-order valence-corrected chi connectivity index (χ3v) is 4.06. The highest BCUT2D eigenvalue weighted by Crippen LogP contribution is 2.34. The fourth-order valence-corrected chi connectivity index (χ4v) is 2.76. The first-order chi connectivity index (χ1) is 8.63. The first-order valence-electron chi connectivity index (χ1n) is 6.34. The Hall–Kier alpha value is -0.850. The Balaban J connectivity index is 2.19. The molecule has 0 amide bonds. The number of unbranched alkanes of at least 4 members (excludes halogenated alkanes) is 1. The van der Waals surface area contributed by atoms with Gasteiger partial charge in [0, 0.05) is 24.3 Å². The summed E-state index contributed by atoms with van der Waals surface area (Å²) in [5.41, 5.74) is 1.33. The van der Waals surface area contributed by atoms with Gasteiger partial charge in [-0.2, -0.15) is 0 Å². The van der Waals surface area contributed by atoms with Crippen LogP contribution in [0.5, 0.6) is 0 Å². The highest BCUT2D eigenvalue weighted by Gasteiger charge is 2.29. The Morgan fingerprint density at radius 2 is 2.22 bits per heavy atom. The zero-order chi connectivity index (χ0) is 13.1. The molecule has 1 aromatic rings. The van der Waals surface area contributed by atoms with Crippen molar-refractivity contribution in [1.82, 2.24) is 0 Å². The fraction of sp³-hybridized carbons (Fsp3) is 0.538. The van der Waals surface area contributed by atoms with E-state index in [1.165, 1.54) is 25.7 Å². The monoisotopic (exact) mass is 360 g/mol. The molecule has 0 heterocycles. The standard InChI is InChI=1S/C13H17IN2O2/c1-2-3-8-15(10-4-5-10)11-6-7-13(16(17)18)12(14)9-11/h6-7,9-10H,2-5,8H2,1H3. The van der Waals surface area contributed by atoms with E-state index >= 15 is 0 Å². The second kappa shape index (κ2) is 5.86. The van der Waals surface area contributed by atoms with Crippen LogP contribution in [0.4, 0.5) is 11.4 Å². The molecule has 0 aliphatic heterocycles. The smallest absolute Gasteiger partial charge is 0.282 e. The molecule has 0 atom stereocenters. The minimum absolute atomic E-state index is 0.200. The van der Waals surface area contributed by atoms with Gasteiger partial charge in [0.25, 0.3) is 5.69 Å².